The lowest BCUT2D eigenvalue weighted by atomic mass is 10.1. The fourth-order valence-electron chi connectivity index (χ4n) is 2.22. The fourth-order valence-corrected chi connectivity index (χ4v) is 2.22. The summed E-state index contributed by atoms with van der Waals surface area (Å²) >= 11 is 0. The van der Waals surface area contributed by atoms with E-state index in [-0.39, 0.29) is 16.9 Å². The highest BCUT2D eigenvalue weighted by atomic mass is 16.3. The van der Waals surface area contributed by atoms with E-state index in [1.807, 2.05) is 19.1 Å². The summed E-state index contributed by atoms with van der Waals surface area (Å²) < 4.78 is 2.95. The number of aromatic nitrogens is 4. The predicted molar refractivity (Wildman–Crippen MR) is 78.6 cm³/mol. The van der Waals surface area contributed by atoms with Gasteiger partial charge in [0.05, 0.1) is 11.7 Å². The molecule has 0 saturated carbocycles. The first-order valence-corrected chi connectivity index (χ1v) is 6.46. The van der Waals surface area contributed by atoms with Crippen LogP contribution in [0.1, 0.15) is 12.5 Å². The van der Waals surface area contributed by atoms with Crippen molar-refractivity contribution < 1.29 is 5.11 Å². The second kappa shape index (κ2) is 5.20. The Morgan fingerprint density at radius 1 is 1.29 bits per heavy atom. The number of hydrogen-bond acceptors (Lipinski definition) is 5. The average molecular weight is 283 g/mol. The summed E-state index contributed by atoms with van der Waals surface area (Å²) in [7, 11) is 0. The van der Waals surface area contributed by atoms with Crippen LogP contribution in [0.2, 0.25) is 0 Å². The van der Waals surface area contributed by atoms with Gasteiger partial charge in [0, 0.05) is 11.9 Å². The normalized spacial score (nSPS) is 11.5. The number of para-hydroxylation sites is 1. The van der Waals surface area contributed by atoms with Crippen molar-refractivity contribution in [1.29, 1.82) is 0 Å². The molecule has 106 valence electrons. The summed E-state index contributed by atoms with van der Waals surface area (Å²) in [4.78, 5) is 12.5. The van der Waals surface area contributed by atoms with E-state index in [1.165, 1.54) is 23.5 Å². The number of pyridine rings is 1. The van der Waals surface area contributed by atoms with Crippen LogP contribution in [0, 0.1) is 0 Å². The van der Waals surface area contributed by atoms with Gasteiger partial charge >= 0.3 is 0 Å². The molecule has 3 aromatic rings. The monoisotopic (exact) mass is 283 g/mol. The van der Waals surface area contributed by atoms with Gasteiger partial charge in [-0.05, 0) is 19.1 Å². The van der Waals surface area contributed by atoms with Gasteiger partial charge in [0.25, 0.3) is 5.56 Å². The summed E-state index contributed by atoms with van der Waals surface area (Å²) in [6.45, 7) is 2.39. The highest BCUT2D eigenvalue weighted by Gasteiger charge is 2.13. The Hall–Kier alpha value is -2.96. The quantitative estimate of drug-likeness (QED) is 0.732. The average Bonchev–Trinajstić information content (AvgIpc) is 3.01. The molecular formula is C14H13N5O2. The van der Waals surface area contributed by atoms with Crippen molar-refractivity contribution in [1.82, 2.24) is 19.4 Å². The predicted octanol–water partition coefficient (Wildman–Crippen LogP) is 1.20. The van der Waals surface area contributed by atoms with Crippen LogP contribution in [0.25, 0.3) is 10.9 Å². The van der Waals surface area contributed by atoms with Gasteiger partial charge in [-0.15, -0.1) is 10.2 Å². The highest BCUT2D eigenvalue weighted by molar-refractivity contribution is 5.94. The maximum Gasteiger partial charge on any atom is 0.263 e. The molecule has 0 bridgehead atoms. The summed E-state index contributed by atoms with van der Waals surface area (Å²) in [5, 5.41) is 22.2. The van der Waals surface area contributed by atoms with Gasteiger partial charge < -0.3 is 9.67 Å². The molecule has 0 unspecified atom stereocenters. The summed E-state index contributed by atoms with van der Waals surface area (Å²) in [6, 6.07) is 7.22. The number of benzene rings is 1. The molecule has 21 heavy (non-hydrogen) atoms. The summed E-state index contributed by atoms with van der Waals surface area (Å²) in [5.41, 5.74) is 0.554. The number of nitrogens with zero attached hydrogens (tertiary/aromatic N) is 5. The Morgan fingerprint density at radius 2 is 2.00 bits per heavy atom. The molecule has 2 aromatic heterocycles. The van der Waals surface area contributed by atoms with Crippen molar-refractivity contribution >= 4 is 17.1 Å². The molecule has 0 aliphatic carbocycles. The topological polar surface area (TPSA) is 85.3 Å². The largest absolute Gasteiger partial charge is 0.506 e. The van der Waals surface area contributed by atoms with Crippen LogP contribution < -0.4 is 5.56 Å². The summed E-state index contributed by atoms with van der Waals surface area (Å²) in [6.07, 6.45) is 4.11. The van der Waals surface area contributed by atoms with E-state index in [9.17, 15) is 9.90 Å². The third-order valence-electron chi connectivity index (χ3n) is 3.22. The second-order valence-electron chi connectivity index (χ2n) is 4.42. The van der Waals surface area contributed by atoms with Gasteiger partial charge in [0.1, 0.15) is 24.0 Å². The van der Waals surface area contributed by atoms with Crippen LogP contribution in [-0.2, 0) is 6.54 Å². The van der Waals surface area contributed by atoms with E-state index < -0.39 is 0 Å². The third kappa shape index (κ3) is 2.18. The Labute approximate surface area is 119 Å². The minimum Gasteiger partial charge on any atom is -0.506 e. The lowest BCUT2D eigenvalue weighted by Crippen LogP contribution is -2.23. The van der Waals surface area contributed by atoms with E-state index >= 15 is 0 Å². The van der Waals surface area contributed by atoms with Gasteiger partial charge in [-0.2, -0.15) is 5.10 Å². The SMILES string of the molecule is CCn1c(=O)c(/C=N/n2cnnc2)c(O)c2ccccc21. The van der Waals surface area contributed by atoms with Crippen molar-refractivity contribution in [3.05, 3.63) is 52.8 Å². The molecule has 0 fully saturated rings. The standard InChI is InChI=1S/C14H13N5O2/c1-2-19-12-6-4-3-5-10(12)13(20)11(14(19)21)7-17-18-8-15-16-9-18/h3-9,20H,2H2,1H3/b17-7+. The molecule has 1 N–H and O–H groups in total. The minimum atomic E-state index is -0.287. The third-order valence-corrected chi connectivity index (χ3v) is 3.22. The van der Waals surface area contributed by atoms with Gasteiger partial charge in [-0.1, -0.05) is 12.1 Å². The Bertz CT molecular complexity index is 865. The molecule has 0 radical (unpaired) electrons. The number of fused-ring (bicyclic) bond motifs is 1. The molecule has 0 amide bonds. The van der Waals surface area contributed by atoms with Crippen LogP contribution in [0.5, 0.6) is 5.75 Å². The lowest BCUT2D eigenvalue weighted by Gasteiger charge is -2.11. The van der Waals surface area contributed by atoms with Gasteiger partial charge in [0.2, 0.25) is 0 Å². The van der Waals surface area contributed by atoms with E-state index in [4.69, 9.17) is 0 Å². The van der Waals surface area contributed by atoms with Crippen LogP contribution in [-0.4, -0.2) is 30.8 Å². The lowest BCUT2D eigenvalue weighted by molar-refractivity contribution is 0.478. The molecule has 0 spiro atoms. The summed E-state index contributed by atoms with van der Waals surface area (Å²) in [5.74, 6) is -0.0721. The number of rotatable bonds is 3. The van der Waals surface area contributed by atoms with E-state index in [0.29, 0.717) is 17.4 Å². The van der Waals surface area contributed by atoms with Crippen LogP contribution in [0.15, 0.2) is 46.8 Å². The van der Waals surface area contributed by atoms with Crippen LogP contribution >= 0.6 is 0 Å². The molecule has 2 heterocycles. The molecule has 1 aromatic carbocycles. The van der Waals surface area contributed by atoms with E-state index in [0.717, 1.165) is 0 Å². The highest BCUT2D eigenvalue weighted by Crippen LogP contribution is 2.25. The zero-order valence-electron chi connectivity index (χ0n) is 11.3. The van der Waals surface area contributed by atoms with Crippen molar-refractivity contribution in [3.63, 3.8) is 0 Å². The Morgan fingerprint density at radius 3 is 2.71 bits per heavy atom. The zero-order valence-corrected chi connectivity index (χ0v) is 11.3. The zero-order chi connectivity index (χ0) is 14.8. The fraction of sp³-hybridized carbons (Fsp3) is 0.143. The number of aryl methyl sites for hydroxylation is 1. The number of hydrogen-bond donors (Lipinski definition) is 1. The smallest absolute Gasteiger partial charge is 0.263 e. The molecular weight excluding hydrogens is 270 g/mol. The molecule has 0 aliphatic heterocycles. The maximum atomic E-state index is 12.5. The molecule has 7 heteroatoms. The maximum absolute atomic E-state index is 12.5. The first-order chi connectivity index (χ1) is 10.2. The van der Waals surface area contributed by atoms with Crippen molar-refractivity contribution in [3.8, 4) is 5.75 Å². The molecule has 0 aliphatic rings. The first kappa shape index (κ1) is 13.0. The Balaban J connectivity index is 2.25. The van der Waals surface area contributed by atoms with Crippen molar-refractivity contribution in [2.24, 2.45) is 5.10 Å². The van der Waals surface area contributed by atoms with E-state index in [1.54, 1.807) is 16.7 Å². The van der Waals surface area contributed by atoms with Gasteiger partial charge in [-0.3, -0.25) is 4.79 Å². The van der Waals surface area contributed by atoms with Crippen LogP contribution in [0.3, 0.4) is 0 Å². The molecule has 3 rings (SSSR count). The van der Waals surface area contributed by atoms with Crippen molar-refractivity contribution in [2.45, 2.75) is 13.5 Å². The van der Waals surface area contributed by atoms with Crippen molar-refractivity contribution in [2.75, 3.05) is 0 Å². The van der Waals surface area contributed by atoms with E-state index in [2.05, 4.69) is 15.3 Å². The van der Waals surface area contributed by atoms with Gasteiger partial charge in [0.15, 0.2) is 0 Å². The van der Waals surface area contributed by atoms with Crippen LogP contribution in [0.4, 0.5) is 0 Å². The molecule has 0 atom stereocenters. The number of aromatic hydroxyl groups is 1. The Kier molecular flexibility index (Phi) is 3.23. The first-order valence-electron chi connectivity index (χ1n) is 6.46. The molecule has 7 nitrogen and oxygen atoms in total. The van der Waals surface area contributed by atoms with Gasteiger partial charge in [-0.25, -0.2) is 4.68 Å². The second-order valence-corrected chi connectivity index (χ2v) is 4.42. The minimum absolute atomic E-state index is 0.0721. The molecule has 0 saturated heterocycles.